The summed E-state index contributed by atoms with van der Waals surface area (Å²) < 4.78 is 5.33. The molecule has 0 atom stereocenters. The minimum atomic E-state index is 0.00674. The van der Waals surface area contributed by atoms with Crippen LogP contribution in [0.3, 0.4) is 0 Å². The first-order valence-electron chi connectivity index (χ1n) is 7.92. The Morgan fingerprint density at radius 2 is 2.00 bits per heavy atom. The summed E-state index contributed by atoms with van der Waals surface area (Å²) in [5.41, 5.74) is 1.01. The van der Waals surface area contributed by atoms with Crippen LogP contribution in [0.4, 0.5) is 0 Å². The number of aliphatic imine (C=N–C) groups is 1. The van der Waals surface area contributed by atoms with Gasteiger partial charge < -0.3 is 20.3 Å². The molecule has 128 valence electrons. The van der Waals surface area contributed by atoms with Gasteiger partial charge in [0.05, 0.1) is 20.2 Å². The van der Waals surface area contributed by atoms with Gasteiger partial charge >= 0.3 is 0 Å². The second kappa shape index (κ2) is 10.5. The van der Waals surface area contributed by atoms with Gasteiger partial charge in [0.1, 0.15) is 5.75 Å². The number of carbonyl (C=O) groups excluding carboxylic acids is 1. The Balaban J connectivity index is 2.70. The molecular weight excluding hydrogens is 292 g/mol. The van der Waals surface area contributed by atoms with Crippen LogP contribution in [0, 0.1) is 0 Å². The van der Waals surface area contributed by atoms with Crippen molar-refractivity contribution in [2.75, 3.05) is 34.3 Å². The van der Waals surface area contributed by atoms with Gasteiger partial charge in [0.25, 0.3) is 0 Å². The number of guanidine groups is 1. The quantitative estimate of drug-likeness (QED) is 0.434. The van der Waals surface area contributed by atoms with Crippen LogP contribution in [0.5, 0.6) is 5.75 Å². The predicted octanol–water partition coefficient (Wildman–Crippen LogP) is 1.62. The molecule has 1 rings (SSSR count). The molecule has 0 radical (unpaired) electrons. The molecule has 23 heavy (non-hydrogen) atoms. The molecule has 0 saturated heterocycles. The minimum absolute atomic E-state index is 0.00674. The maximum Gasteiger partial charge on any atom is 0.241 e. The van der Waals surface area contributed by atoms with Crippen molar-refractivity contribution in [2.24, 2.45) is 4.99 Å². The minimum Gasteiger partial charge on any atom is -0.496 e. The monoisotopic (exact) mass is 320 g/mol. The van der Waals surface area contributed by atoms with Gasteiger partial charge in [-0.1, -0.05) is 31.5 Å². The fourth-order valence-corrected chi connectivity index (χ4v) is 1.87. The van der Waals surface area contributed by atoms with E-state index in [4.69, 9.17) is 4.74 Å². The number of hydrogen-bond acceptors (Lipinski definition) is 3. The van der Waals surface area contributed by atoms with Crippen LogP contribution in [0.2, 0.25) is 0 Å². The number of carbonyl (C=O) groups is 1. The Kier molecular flexibility index (Phi) is 8.57. The van der Waals surface area contributed by atoms with E-state index in [2.05, 4.69) is 22.5 Å². The molecule has 1 aromatic rings. The lowest BCUT2D eigenvalue weighted by Crippen LogP contribution is -2.43. The zero-order chi connectivity index (χ0) is 17.1. The molecule has 0 spiro atoms. The summed E-state index contributed by atoms with van der Waals surface area (Å²) in [6.45, 7) is 3.67. The predicted molar refractivity (Wildman–Crippen MR) is 93.7 cm³/mol. The van der Waals surface area contributed by atoms with Gasteiger partial charge in [-0.15, -0.1) is 0 Å². The van der Waals surface area contributed by atoms with Crippen molar-refractivity contribution >= 4 is 11.9 Å². The number of para-hydroxylation sites is 1. The van der Waals surface area contributed by atoms with E-state index in [0.29, 0.717) is 12.5 Å². The molecule has 6 nitrogen and oxygen atoms in total. The van der Waals surface area contributed by atoms with Crippen molar-refractivity contribution in [3.8, 4) is 5.75 Å². The Hall–Kier alpha value is -2.24. The summed E-state index contributed by atoms with van der Waals surface area (Å²) in [6.07, 6.45) is 2.15. The lowest BCUT2D eigenvalue weighted by Gasteiger charge is -2.15. The van der Waals surface area contributed by atoms with Crippen molar-refractivity contribution in [1.29, 1.82) is 0 Å². The molecule has 0 unspecified atom stereocenters. The van der Waals surface area contributed by atoms with Gasteiger partial charge in [0.15, 0.2) is 5.96 Å². The summed E-state index contributed by atoms with van der Waals surface area (Å²) in [5, 5.41) is 6.32. The maximum atomic E-state index is 11.7. The number of hydrogen-bond donors (Lipinski definition) is 2. The first-order chi connectivity index (χ1) is 11.1. The Labute approximate surface area is 138 Å². The highest BCUT2D eigenvalue weighted by Gasteiger charge is 2.06. The molecule has 0 aliphatic heterocycles. The number of nitrogens with one attached hydrogen (secondary N) is 2. The number of methoxy groups -OCH3 is 1. The Morgan fingerprint density at radius 3 is 2.65 bits per heavy atom. The summed E-state index contributed by atoms with van der Waals surface area (Å²) in [7, 11) is 5.12. The van der Waals surface area contributed by atoms with Gasteiger partial charge in [-0.25, -0.2) is 4.99 Å². The number of unbranched alkanes of at least 4 members (excludes halogenated alkanes) is 1. The molecule has 0 saturated carbocycles. The molecule has 0 fully saturated rings. The van der Waals surface area contributed by atoms with Crippen LogP contribution >= 0.6 is 0 Å². The van der Waals surface area contributed by atoms with Crippen LogP contribution in [0.25, 0.3) is 0 Å². The number of ether oxygens (including phenoxy) is 1. The third kappa shape index (κ3) is 7.04. The SMILES string of the molecule is CCCCNC(=NCc1ccccc1OC)NCC(=O)N(C)C. The van der Waals surface area contributed by atoms with Gasteiger partial charge in [0.2, 0.25) is 5.91 Å². The van der Waals surface area contributed by atoms with Crippen LogP contribution < -0.4 is 15.4 Å². The normalized spacial score (nSPS) is 11.0. The van der Waals surface area contributed by atoms with Gasteiger partial charge in [-0.2, -0.15) is 0 Å². The zero-order valence-electron chi connectivity index (χ0n) is 14.6. The molecule has 0 aromatic heterocycles. The lowest BCUT2D eigenvalue weighted by molar-refractivity contribution is -0.127. The number of rotatable bonds is 8. The molecular formula is C17H28N4O2. The highest BCUT2D eigenvalue weighted by Crippen LogP contribution is 2.17. The van der Waals surface area contributed by atoms with E-state index in [9.17, 15) is 4.79 Å². The molecule has 1 amide bonds. The van der Waals surface area contributed by atoms with E-state index >= 15 is 0 Å². The lowest BCUT2D eigenvalue weighted by atomic mass is 10.2. The third-order valence-corrected chi connectivity index (χ3v) is 3.33. The topological polar surface area (TPSA) is 66.0 Å². The second-order valence-corrected chi connectivity index (χ2v) is 5.40. The first-order valence-corrected chi connectivity index (χ1v) is 7.92. The number of amides is 1. The zero-order valence-corrected chi connectivity index (χ0v) is 14.6. The van der Waals surface area contributed by atoms with Crippen LogP contribution in [-0.4, -0.2) is 51.1 Å². The highest BCUT2D eigenvalue weighted by atomic mass is 16.5. The molecule has 2 N–H and O–H groups in total. The van der Waals surface area contributed by atoms with E-state index in [1.54, 1.807) is 26.1 Å². The maximum absolute atomic E-state index is 11.7. The molecule has 0 heterocycles. The van der Waals surface area contributed by atoms with Crippen molar-refractivity contribution in [2.45, 2.75) is 26.3 Å². The summed E-state index contributed by atoms with van der Waals surface area (Å²) in [5.74, 6) is 1.46. The molecule has 1 aromatic carbocycles. The largest absolute Gasteiger partial charge is 0.496 e. The molecule has 0 aliphatic carbocycles. The summed E-state index contributed by atoms with van der Waals surface area (Å²) in [4.78, 5) is 17.8. The Morgan fingerprint density at radius 1 is 1.26 bits per heavy atom. The van der Waals surface area contributed by atoms with E-state index in [1.807, 2.05) is 24.3 Å². The van der Waals surface area contributed by atoms with Crippen LogP contribution in [-0.2, 0) is 11.3 Å². The summed E-state index contributed by atoms with van der Waals surface area (Å²) in [6, 6.07) is 7.79. The van der Waals surface area contributed by atoms with E-state index < -0.39 is 0 Å². The number of likely N-dealkylation sites (N-methyl/N-ethyl adjacent to an activating group) is 1. The third-order valence-electron chi connectivity index (χ3n) is 3.33. The smallest absolute Gasteiger partial charge is 0.241 e. The highest BCUT2D eigenvalue weighted by molar-refractivity contribution is 5.86. The first kappa shape index (κ1) is 18.8. The Bertz CT molecular complexity index is 515. The van der Waals surface area contributed by atoms with E-state index in [0.717, 1.165) is 30.7 Å². The number of benzene rings is 1. The second-order valence-electron chi connectivity index (χ2n) is 5.40. The fraction of sp³-hybridized carbons (Fsp3) is 0.529. The molecule has 6 heteroatoms. The summed E-state index contributed by atoms with van der Waals surface area (Å²) >= 11 is 0. The van der Waals surface area contributed by atoms with Crippen molar-refractivity contribution in [3.05, 3.63) is 29.8 Å². The standard InChI is InChI=1S/C17H28N4O2/c1-5-6-11-18-17(20-13-16(22)21(2)3)19-12-14-9-7-8-10-15(14)23-4/h7-10H,5-6,11-13H2,1-4H3,(H2,18,19,20). The van der Waals surface area contributed by atoms with Crippen LogP contribution in [0.15, 0.2) is 29.3 Å². The molecule has 0 aliphatic rings. The van der Waals surface area contributed by atoms with Gasteiger partial charge in [-0.3, -0.25) is 4.79 Å². The van der Waals surface area contributed by atoms with Crippen LogP contribution in [0.1, 0.15) is 25.3 Å². The van der Waals surface area contributed by atoms with E-state index in [-0.39, 0.29) is 12.5 Å². The van der Waals surface area contributed by atoms with Crippen molar-refractivity contribution in [1.82, 2.24) is 15.5 Å². The van der Waals surface area contributed by atoms with Gasteiger partial charge in [-0.05, 0) is 12.5 Å². The molecule has 0 bridgehead atoms. The van der Waals surface area contributed by atoms with Gasteiger partial charge in [0, 0.05) is 26.2 Å². The number of nitrogens with zero attached hydrogens (tertiary/aromatic N) is 2. The average Bonchev–Trinajstić information content (AvgIpc) is 2.56. The fourth-order valence-electron chi connectivity index (χ4n) is 1.87. The van der Waals surface area contributed by atoms with Crippen molar-refractivity contribution < 1.29 is 9.53 Å². The van der Waals surface area contributed by atoms with Crippen molar-refractivity contribution in [3.63, 3.8) is 0 Å². The average molecular weight is 320 g/mol. The van der Waals surface area contributed by atoms with E-state index in [1.165, 1.54) is 0 Å².